The second kappa shape index (κ2) is 6.46. The predicted molar refractivity (Wildman–Crippen MR) is 120 cm³/mol. The molecule has 0 spiro atoms. The Hall–Kier alpha value is -3.59. The number of pyridine rings is 1. The summed E-state index contributed by atoms with van der Waals surface area (Å²) < 4.78 is 31.3. The molecule has 3 aromatic carbocycles. The molecule has 0 saturated heterocycles. The number of rotatable bonds is 2. The topological polar surface area (TPSA) is 26.2 Å². The van der Waals surface area contributed by atoms with Crippen molar-refractivity contribution < 1.29 is 16.5 Å². The SMILES string of the molecule is [2H]C1([2H])COc2cccc(-c3cccc4c3oc3c(-c5cccc[n+]5C)c(C)ccc34)c21. The maximum absolute atomic E-state index is 8.48. The molecule has 30 heavy (non-hydrogen) atoms. The van der Waals surface area contributed by atoms with Crippen LogP contribution in [0.1, 0.15) is 13.9 Å². The van der Waals surface area contributed by atoms with Gasteiger partial charge in [0.1, 0.15) is 24.0 Å². The average molecular weight is 394 g/mol. The molecule has 0 bridgehead atoms. The highest BCUT2D eigenvalue weighted by molar-refractivity contribution is 6.13. The molecule has 0 amide bonds. The number of para-hydroxylation sites is 1. The number of benzene rings is 3. The number of aryl methyl sites for hydroxylation is 2. The Morgan fingerprint density at radius 1 is 0.867 bits per heavy atom. The van der Waals surface area contributed by atoms with Crippen LogP contribution >= 0.6 is 0 Å². The molecule has 0 unspecified atom stereocenters. The van der Waals surface area contributed by atoms with Crippen molar-refractivity contribution in [3.63, 3.8) is 0 Å². The summed E-state index contributed by atoms with van der Waals surface area (Å²) in [6.45, 7) is 2.13. The van der Waals surface area contributed by atoms with Crippen molar-refractivity contribution in [3.8, 4) is 28.1 Å². The maximum atomic E-state index is 8.48. The standard InChI is InChI=1S/C27H22NO2/c1-17-12-13-22-21-9-5-8-20(18-7-6-11-24-19(18)14-16-29-24)26(21)30-27(22)25(17)23-10-3-4-15-28(23)2/h3-13,15H,14,16H2,1-2H3/q+1/i14D2. The van der Waals surface area contributed by atoms with Crippen LogP contribution in [0.25, 0.3) is 44.3 Å². The zero-order valence-electron chi connectivity index (χ0n) is 18.9. The van der Waals surface area contributed by atoms with Crippen molar-refractivity contribution in [1.29, 1.82) is 0 Å². The number of nitrogens with zero attached hydrogens (tertiary/aromatic N) is 1. The lowest BCUT2D eigenvalue weighted by atomic mass is 9.96. The van der Waals surface area contributed by atoms with Crippen molar-refractivity contribution in [3.05, 3.63) is 84.1 Å². The largest absolute Gasteiger partial charge is 0.493 e. The Kier molecular flexibility index (Phi) is 3.29. The van der Waals surface area contributed by atoms with Gasteiger partial charge in [0, 0.05) is 43.1 Å². The summed E-state index contributed by atoms with van der Waals surface area (Å²) in [6, 6.07) is 22.2. The molecule has 146 valence electrons. The molecule has 0 saturated carbocycles. The lowest BCUT2D eigenvalue weighted by molar-refractivity contribution is -0.660. The van der Waals surface area contributed by atoms with Crippen molar-refractivity contribution in [2.24, 2.45) is 7.05 Å². The summed E-state index contributed by atoms with van der Waals surface area (Å²) in [5.41, 5.74) is 7.21. The number of fused-ring (bicyclic) bond motifs is 4. The van der Waals surface area contributed by atoms with Crippen molar-refractivity contribution >= 4 is 21.9 Å². The molecule has 2 aromatic heterocycles. The number of hydrogen-bond acceptors (Lipinski definition) is 2. The first-order valence-electron chi connectivity index (χ1n) is 11.1. The Morgan fingerprint density at radius 2 is 1.70 bits per heavy atom. The minimum Gasteiger partial charge on any atom is -0.493 e. The van der Waals surface area contributed by atoms with Gasteiger partial charge in [-0.15, -0.1) is 0 Å². The lowest BCUT2D eigenvalue weighted by Crippen LogP contribution is -2.30. The Bertz CT molecular complexity index is 1530. The highest BCUT2D eigenvalue weighted by atomic mass is 16.5. The van der Waals surface area contributed by atoms with E-state index in [1.807, 2.05) is 55.7 Å². The van der Waals surface area contributed by atoms with Crippen LogP contribution in [0.15, 0.2) is 77.3 Å². The molecule has 0 radical (unpaired) electrons. The van der Waals surface area contributed by atoms with Crippen LogP contribution < -0.4 is 9.30 Å². The van der Waals surface area contributed by atoms with Crippen molar-refractivity contribution in [2.75, 3.05) is 6.61 Å². The van der Waals surface area contributed by atoms with Crippen molar-refractivity contribution in [2.45, 2.75) is 13.3 Å². The van der Waals surface area contributed by atoms with Gasteiger partial charge in [-0.3, -0.25) is 0 Å². The average Bonchev–Trinajstić information content (AvgIpc) is 3.31. The zero-order chi connectivity index (χ0) is 22.0. The molecule has 5 aromatic rings. The zero-order valence-corrected chi connectivity index (χ0v) is 16.9. The van der Waals surface area contributed by atoms with Crippen LogP contribution in [-0.2, 0) is 13.4 Å². The van der Waals surface area contributed by atoms with E-state index in [0.29, 0.717) is 11.3 Å². The minimum atomic E-state index is -1.54. The van der Waals surface area contributed by atoms with E-state index in [4.69, 9.17) is 11.9 Å². The first-order chi connectivity index (χ1) is 15.5. The molecular weight excluding hydrogens is 370 g/mol. The van der Waals surface area contributed by atoms with Gasteiger partial charge in [0.05, 0.1) is 12.2 Å². The summed E-state index contributed by atoms with van der Waals surface area (Å²) in [5.74, 6) is 0.605. The molecule has 0 N–H and O–H groups in total. The summed E-state index contributed by atoms with van der Waals surface area (Å²) in [6.07, 6.45) is 0.497. The minimum absolute atomic E-state index is 0.0311. The van der Waals surface area contributed by atoms with Crippen LogP contribution in [-0.4, -0.2) is 6.61 Å². The third-order valence-corrected chi connectivity index (χ3v) is 5.98. The summed E-state index contributed by atoms with van der Waals surface area (Å²) in [5, 5.41) is 2.08. The number of hydrogen-bond donors (Lipinski definition) is 0. The normalized spacial score (nSPS) is 15.7. The molecular formula is C27H22NO2+. The summed E-state index contributed by atoms with van der Waals surface area (Å²) >= 11 is 0. The molecule has 1 aliphatic heterocycles. The van der Waals surface area contributed by atoms with Gasteiger partial charge in [0.2, 0.25) is 5.69 Å². The van der Waals surface area contributed by atoms with E-state index >= 15 is 0 Å². The van der Waals surface area contributed by atoms with Crippen LogP contribution in [0.4, 0.5) is 0 Å². The Balaban J connectivity index is 1.69. The van der Waals surface area contributed by atoms with Gasteiger partial charge in [0.15, 0.2) is 6.20 Å². The summed E-state index contributed by atoms with van der Waals surface area (Å²) in [7, 11) is 2.04. The second-order valence-corrected chi connectivity index (χ2v) is 7.76. The maximum Gasteiger partial charge on any atom is 0.216 e. The summed E-state index contributed by atoms with van der Waals surface area (Å²) in [4.78, 5) is 0. The fourth-order valence-electron chi connectivity index (χ4n) is 4.52. The molecule has 6 rings (SSSR count). The predicted octanol–water partition coefficient (Wildman–Crippen LogP) is 5.99. The van der Waals surface area contributed by atoms with Gasteiger partial charge >= 0.3 is 0 Å². The van der Waals surface area contributed by atoms with Crippen LogP contribution in [0.3, 0.4) is 0 Å². The monoisotopic (exact) mass is 394 g/mol. The first-order valence-corrected chi connectivity index (χ1v) is 10.1. The molecule has 1 aliphatic rings. The number of aromatic nitrogens is 1. The fourth-order valence-corrected chi connectivity index (χ4v) is 4.52. The third kappa shape index (κ3) is 2.42. The van der Waals surface area contributed by atoms with Gasteiger partial charge in [-0.05, 0) is 30.2 Å². The van der Waals surface area contributed by atoms with E-state index in [1.165, 1.54) is 0 Å². The molecule has 0 atom stereocenters. The number of ether oxygens (including phenoxy) is 1. The Morgan fingerprint density at radius 3 is 2.60 bits per heavy atom. The van der Waals surface area contributed by atoms with Crippen LogP contribution in [0, 0.1) is 6.92 Å². The van der Waals surface area contributed by atoms with Gasteiger partial charge in [0.25, 0.3) is 0 Å². The molecule has 0 fully saturated rings. The molecule has 3 heterocycles. The quantitative estimate of drug-likeness (QED) is 0.344. The van der Waals surface area contributed by atoms with E-state index < -0.39 is 6.37 Å². The first kappa shape index (κ1) is 15.3. The smallest absolute Gasteiger partial charge is 0.216 e. The Labute approximate surface area is 178 Å². The third-order valence-electron chi connectivity index (χ3n) is 5.98. The highest BCUT2D eigenvalue weighted by Gasteiger charge is 2.23. The number of furan rings is 1. The molecule has 3 nitrogen and oxygen atoms in total. The van der Waals surface area contributed by atoms with Crippen LogP contribution in [0.2, 0.25) is 0 Å². The fraction of sp³-hybridized carbons (Fsp3) is 0.148. The van der Waals surface area contributed by atoms with E-state index in [1.54, 1.807) is 0 Å². The van der Waals surface area contributed by atoms with Crippen LogP contribution in [0.5, 0.6) is 5.75 Å². The highest BCUT2D eigenvalue weighted by Crippen LogP contribution is 2.43. The molecule has 0 aliphatic carbocycles. The van der Waals surface area contributed by atoms with Gasteiger partial charge in [-0.2, -0.15) is 0 Å². The van der Waals surface area contributed by atoms with E-state index in [-0.39, 0.29) is 6.61 Å². The van der Waals surface area contributed by atoms with Gasteiger partial charge in [-0.25, -0.2) is 4.57 Å². The second-order valence-electron chi connectivity index (χ2n) is 7.76. The van der Waals surface area contributed by atoms with E-state index in [9.17, 15) is 0 Å². The molecule has 3 heteroatoms. The lowest BCUT2D eigenvalue weighted by Gasteiger charge is -2.07. The van der Waals surface area contributed by atoms with Gasteiger partial charge in [-0.1, -0.05) is 42.5 Å². The van der Waals surface area contributed by atoms with E-state index in [2.05, 4.69) is 35.8 Å². The van der Waals surface area contributed by atoms with Gasteiger partial charge < -0.3 is 9.15 Å². The van der Waals surface area contributed by atoms with E-state index in [0.717, 1.165) is 49.9 Å². The van der Waals surface area contributed by atoms with Crippen molar-refractivity contribution in [1.82, 2.24) is 0 Å².